The number of hydrogen-bond acceptors (Lipinski definition) is 4. The fourth-order valence-electron chi connectivity index (χ4n) is 1.86. The molecular weight excluding hydrogens is 260 g/mol. The molecule has 0 unspecified atom stereocenters. The highest BCUT2D eigenvalue weighted by molar-refractivity contribution is 5.95. The van der Waals surface area contributed by atoms with Gasteiger partial charge in [0, 0.05) is 19.3 Å². The number of aromatic nitrogens is 1. The van der Waals surface area contributed by atoms with Gasteiger partial charge < -0.3 is 9.30 Å². The van der Waals surface area contributed by atoms with Crippen molar-refractivity contribution in [2.24, 2.45) is 7.05 Å². The molecule has 0 saturated heterocycles. The topological polar surface area (TPSA) is 74.4 Å². The van der Waals surface area contributed by atoms with E-state index in [0.717, 1.165) is 5.56 Å². The first kappa shape index (κ1) is 13.8. The number of nitro groups is 1. The summed E-state index contributed by atoms with van der Waals surface area (Å²) in [5, 5.41) is 10.9. The largest absolute Gasteiger partial charge is 0.478 e. The molecule has 0 bridgehead atoms. The Kier molecular flexibility index (Phi) is 3.84. The van der Waals surface area contributed by atoms with Gasteiger partial charge >= 0.3 is 5.69 Å². The number of nitro benzene ring substituents is 1. The number of carbonyl (C=O) groups excluding carboxylic acids is 1. The lowest BCUT2D eigenvalue weighted by atomic mass is 10.2. The zero-order chi connectivity index (χ0) is 14.7. The van der Waals surface area contributed by atoms with Crippen LogP contribution in [0.2, 0.25) is 0 Å². The summed E-state index contributed by atoms with van der Waals surface area (Å²) in [4.78, 5) is 22.3. The van der Waals surface area contributed by atoms with Gasteiger partial charge in [-0.3, -0.25) is 14.9 Å². The highest BCUT2D eigenvalue weighted by atomic mass is 16.6. The average molecular weight is 274 g/mol. The number of rotatable bonds is 5. The van der Waals surface area contributed by atoms with Crippen molar-refractivity contribution in [2.75, 3.05) is 6.61 Å². The monoisotopic (exact) mass is 274 g/mol. The summed E-state index contributed by atoms with van der Waals surface area (Å²) in [5.41, 5.74) is 1.19. The van der Waals surface area contributed by atoms with Crippen LogP contribution in [0.3, 0.4) is 0 Å². The maximum atomic E-state index is 12.0. The molecule has 0 aliphatic rings. The van der Waals surface area contributed by atoms with E-state index in [1.54, 1.807) is 49.0 Å². The lowest BCUT2D eigenvalue weighted by Gasteiger charge is -2.07. The molecule has 0 radical (unpaired) electrons. The number of carbonyl (C=O) groups is 1. The molecule has 20 heavy (non-hydrogen) atoms. The molecule has 0 atom stereocenters. The Labute approximate surface area is 115 Å². The maximum Gasteiger partial charge on any atom is 0.310 e. The molecule has 0 fully saturated rings. The van der Waals surface area contributed by atoms with E-state index in [1.165, 1.54) is 6.07 Å². The highest BCUT2D eigenvalue weighted by Gasteiger charge is 2.17. The van der Waals surface area contributed by atoms with Crippen LogP contribution < -0.4 is 4.74 Å². The predicted molar refractivity (Wildman–Crippen MR) is 73.1 cm³/mol. The summed E-state index contributed by atoms with van der Waals surface area (Å²) in [7, 11) is 1.75. The van der Waals surface area contributed by atoms with Crippen LogP contribution in [0.5, 0.6) is 5.75 Å². The van der Waals surface area contributed by atoms with E-state index in [-0.39, 0.29) is 23.8 Å². The van der Waals surface area contributed by atoms with Gasteiger partial charge in [-0.2, -0.15) is 0 Å². The Morgan fingerprint density at radius 2 is 2.15 bits per heavy atom. The third kappa shape index (κ3) is 2.85. The van der Waals surface area contributed by atoms with Gasteiger partial charge in [-0.1, -0.05) is 6.07 Å². The Hall–Kier alpha value is -2.63. The van der Waals surface area contributed by atoms with Gasteiger partial charge in [-0.15, -0.1) is 0 Å². The molecule has 104 valence electrons. The van der Waals surface area contributed by atoms with E-state index in [1.807, 2.05) is 0 Å². The number of aryl methyl sites for hydroxylation is 2. The molecule has 0 saturated carbocycles. The van der Waals surface area contributed by atoms with Crippen LogP contribution in [-0.2, 0) is 7.05 Å². The Bertz CT molecular complexity index is 661. The van der Waals surface area contributed by atoms with Crippen LogP contribution in [0.1, 0.15) is 16.1 Å². The van der Waals surface area contributed by atoms with Gasteiger partial charge in [0.25, 0.3) is 0 Å². The predicted octanol–water partition coefficient (Wildman–Crippen LogP) is 2.50. The number of ketones is 1. The third-order valence-corrected chi connectivity index (χ3v) is 2.90. The summed E-state index contributed by atoms with van der Waals surface area (Å²) in [6.45, 7) is 1.57. The van der Waals surface area contributed by atoms with Gasteiger partial charge in [0.15, 0.2) is 12.4 Å². The normalized spacial score (nSPS) is 10.3. The van der Waals surface area contributed by atoms with E-state index in [4.69, 9.17) is 4.74 Å². The molecule has 2 rings (SSSR count). The van der Waals surface area contributed by atoms with E-state index in [9.17, 15) is 14.9 Å². The zero-order valence-corrected chi connectivity index (χ0v) is 11.2. The van der Waals surface area contributed by atoms with Crippen LogP contribution in [0.15, 0.2) is 36.5 Å². The van der Waals surface area contributed by atoms with Crippen molar-refractivity contribution < 1.29 is 14.5 Å². The Morgan fingerprint density at radius 3 is 2.75 bits per heavy atom. The minimum absolute atomic E-state index is 0.109. The first-order chi connectivity index (χ1) is 9.49. The van der Waals surface area contributed by atoms with Gasteiger partial charge in [0.05, 0.1) is 10.6 Å². The smallest absolute Gasteiger partial charge is 0.310 e. The molecule has 2 aromatic rings. The average Bonchev–Trinajstić information content (AvgIpc) is 2.82. The lowest BCUT2D eigenvalue weighted by Crippen LogP contribution is -2.15. The van der Waals surface area contributed by atoms with Crippen molar-refractivity contribution in [1.29, 1.82) is 0 Å². The van der Waals surface area contributed by atoms with Crippen LogP contribution in [0.25, 0.3) is 0 Å². The van der Waals surface area contributed by atoms with Crippen LogP contribution in [0, 0.1) is 17.0 Å². The second-order valence-corrected chi connectivity index (χ2v) is 4.44. The lowest BCUT2D eigenvalue weighted by molar-refractivity contribution is -0.385. The maximum absolute atomic E-state index is 12.0. The summed E-state index contributed by atoms with van der Waals surface area (Å²) in [6, 6.07) is 7.98. The van der Waals surface area contributed by atoms with E-state index < -0.39 is 4.92 Å². The van der Waals surface area contributed by atoms with Gasteiger partial charge in [0.2, 0.25) is 5.78 Å². The molecule has 6 heteroatoms. The summed E-state index contributed by atoms with van der Waals surface area (Å²) in [5.74, 6) is -0.120. The van der Waals surface area contributed by atoms with Crippen molar-refractivity contribution in [2.45, 2.75) is 6.92 Å². The standard InChI is InChI=1S/C14H14N2O4/c1-10-5-6-12(16(18)19)14(8-10)20-9-13(17)11-4-3-7-15(11)2/h3-8H,9H2,1-2H3. The number of Topliss-reactive ketones (excluding diaryl/α,β-unsaturated/α-hetero) is 1. The molecule has 0 spiro atoms. The van der Waals surface area contributed by atoms with Crippen LogP contribution in [-0.4, -0.2) is 21.9 Å². The number of ether oxygens (including phenoxy) is 1. The zero-order valence-electron chi connectivity index (χ0n) is 11.2. The fraction of sp³-hybridized carbons (Fsp3) is 0.214. The first-order valence-electron chi connectivity index (χ1n) is 6.01. The molecule has 0 amide bonds. The number of nitrogens with zero attached hydrogens (tertiary/aromatic N) is 2. The van der Waals surface area contributed by atoms with Crippen molar-refractivity contribution >= 4 is 11.5 Å². The molecular formula is C14H14N2O4. The first-order valence-corrected chi connectivity index (χ1v) is 6.01. The molecule has 0 aliphatic heterocycles. The molecule has 1 aromatic carbocycles. The van der Waals surface area contributed by atoms with E-state index >= 15 is 0 Å². The molecule has 0 aliphatic carbocycles. The van der Waals surface area contributed by atoms with Crippen molar-refractivity contribution in [3.8, 4) is 5.75 Å². The molecule has 1 aromatic heterocycles. The minimum atomic E-state index is -0.526. The quantitative estimate of drug-likeness (QED) is 0.477. The third-order valence-electron chi connectivity index (χ3n) is 2.90. The SMILES string of the molecule is Cc1ccc([N+](=O)[O-])c(OCC(=O)c2cccn2C)c1. The van der Waals surface area contributed by atoms with Crippen molar-refractivity contribution in [3.05, 3.63) is 57.9 Å². The Balaban J connectivity index is 2.15. The van der Waals surface area contributed by atoms with Crippen molar-refractivity contribution in [3.63, 3.8) is 0 Å². The van der Waals surface area contributed by atoms with Crippen LogP contribution in [0.4, 0.5) is 5.69 Å². The number of benzene rings is 1. The molecule has 0 N–H and O–H groups in total. The Morgan fingerprint density at radius 1 is 1.40 bits per heavy atom. The van der Waals surface area contributed by atoms with Crippen LogP contribution >= 0.6 is 0 Å². The minimum Gasteiger partial charge on any atom is -0.478 e. The number of hydrogen-bond donors (Lipinski definition) is 0. The summed E-state index contributed by atoms with van der Waals surface area (Å²) in [6.07, 6.45) is 1.75. The van der Waals surface area contributed by atoms with Gasteiger partial charge in [-0.25, -0.2) is 0 Å². The van der Waals surface area contributed by atoms with E-state index in [2.05, 4.69) is 0 Å². The molecule has 1 heterocycles. The van der Waals surface area contributed by atoms with Gasteiger partial charge in [0.1, 0.15) is 0 Å². The second kappa shape index (κ2) is 5.56. The summed E-state index contributed by atoms with van der Waals surface area (Å²) < 4.78 is 6.99. The summed E-state index contributed by atoms with van der Waals surface area (Å²) >= 11 is 0. The molecule has 6 nitrogen and oxygen atoms in total. The van der Waals surface area contributed by atoms with Crippen molar-refractivity contribution in [1.82, 2.24) is 4.57 Å². The van der Waals surface area contributed by atoms with E-state index in [0.29, 0.717) is 5.69 Å². The highest BCUT2D eigenvalue weighted by Crippen LogP contribution is 2.27. The fourth-order valence-corrected chi connectivity index (χ4v) is 1.86. The van der Waals surface area contributed by atoms with Gasteiger partial charge in [-0.05, 0) is 30.7 Å². The second-order valence-electron chi connectivity index (χ2n) is 4.44.